The van der Waals surface area contributed by atoms with Crippen LogP contribution in [0.4, 0.5) is 17.2 Å². The molecule has 3 aromatic carbocycles. The van der Waals surface area contributed by atoms with Crippen LogP contribution >= 0.6 is 11.6 Å². The quantitative estimate of drug-likeness (QED) is 0.446. The molecule has 0 fully saturated rings. The van der Waals surface area contributed by atoms with Crippen LogP contribution in [0, 0.1) is 13.8 Å². The van der Waals surface area contributed by atoms with Gasteiger partial charge in [0.15, 0.2) is 0 Å². The fourth-order valence-corrected chi connectivity index (χ4v) is 3.17. The van der Waals surface area contributed by atoms with Gasteiger partial charge in [0, 0.05) is 21.8 Å². The van der Waals surface area contributed by atoms with Gasteiger partial charge in [0.05, 0.1) is 5.52 Å². The van der Waals surface area contributed by atoms with Crippen LogP contribution in [-0.4, -0.2) is 15.9 Å². The number of hydrogen-bond acceptors (Lipinski definition) is 4. The summed E-state index contributed by atoms with van der Waals surface area (Å²) in [5.74, 6) is 0.256. The fraction of sp³-hybridized carbons (Fsp3) is 0.0870. The lowest BCUT2D eigenvalue weighted by molar-refractivity contribution is 0.101. The number of carbonyl (C=O) groups excluding carboxylic acids is 1. The molecule has 0 aliphatic heterocycles. The predicted octanol–water partition coefficient (Wildman–Crippen LogP) is 5.90. The Morgan fingerprint density at radius 1 is 0.897 bits per heavy atom. The third-order valence-electron chi connectivity index (χ3n) is 4.52. The number of halogens is 1. The smallest absolute Gasteiger partial charge is 0.293 e. The summed E-state index contributed by atoms with van der Waals surface area (Å²) in [6.45, 7) is 3.93. The maximum absolute atomic E-state index is 12.8. The molecular formula is C23H19ClN4O. The lowest BCUT2D eigenvalue weighted by Crippen LogP contribution is -2.16. The van der Waals surface area contributed by atoms with E-state index in [-0.39, 0.29) is 5.82 Å². The minimum absolute atomic E-state index is 0.0792. The molecule has 5 nitrogen and oxygen atoms in total. The van der Waals surface area contributed by atoms with E-state index in [1.165, 1.54) is 0 Å². The molecule has 1 aromatic heterocycles. The van der Waals surface area contributed by atoms with Crippen LogP contribution in [0.15, 0.2) is 66.7 Å². The van der Waals surface area contributed by atoms with Gasteiger partial charge in [-0.1, -0.05) is 41.9 Å². The Bertz CT molecular complexity index is 1220. The first-order chi connectivity index (χ1) is 14.0. The van der Waals surface area contributed by atoms with Gasteiger partial charge in [0.25, 0.3) is 5.91 Å². The van der Waals surface area contributed by atoms with E-state index in [4.69, 9.17) is 11.6 Å². The van der Waals surface area contributed by atoms with Gasteiger partial charge in [0.1, 0.15) is 5.82 Å². The number of fused-ring (bicyclic) bond motifs is 1. The lowest BCUT2D eigenvalue weighted by atomic mass is 10.2. The highest BCUT2D eigenvalue weighted by Crippen LogP contribution is 2.25. The van der Waals surface area contributed by atoms with Crippen LogP contribution in [0.25, 0.3) is 10.9 Å². The first-order valence-corrected chi connectivity index (χ1v) is 9.55. The minimum Gasteiger partial charge on any atom is -0.340 e. The van der Waals surface area contributed by atoms with Crippen LogP contribution in [0.5, 0.6) is 0 Å². The molecule has 0 unspecified atom stereocenters. The van der Waals surface area contributed by atoms with Crippen LogP contribution in [0.2, 0.25) is 5.02 Å². The maximum Gasteiger partial charge on any atom is 0.293 e. The van der Waals surface area contributed by atoms with Crippen LogP contribution in [0.3, 0.4) is 0 Å². The van der Waals surface area contributed by atoms with Crippen LogP contribution in [-0.2, 0) is 0 Å². The number of benzene rings is 3. The van der Waals surface area contributed by atoms with Gasteiger partial charge in [-0.2, -0.15) is 0 Å². The van der Waals surface area contributed by atoms with Crippen molar-refractivity contribution in [3.63, 3.8) is 0 Å². The van der Waals surface area contributed by atoms with Gasteiger partial charge in [-0.05, 0) is 61.4 Å². The molecule has 6 heteroatoms. The monoisotopic (exact) mass is 402 g/mol. The summed E-state index contributed by atoms with van der Waals surface area (Å²) in [5.41, 5.74) is 4.24. The lowest BCUT2D eigenvalue weighted by Gasteiger charge is -2.12. The summed E-state index contributed by atoms with van der Waals surface area (Å²) in [6.07, 6.45) is 0. The highest BCUT2D eigenvalue weighted by molar-refractivity contribution is 6.31. The molecule has 0 radical (unpaired) electrons. The maximum atomic E-state index is 12.8. The Morgan fingerprint density at radius 3 is 2.52 bits per heavy atom. The van der Waals surface area contributed by atoms with Gasteiger partial charge in [-0.3, -0.25) is 4.79 Å². The van der Waals surface area contributed by atoms with Gasteiger partial charge in [-0.25, -0.2) is 9.97 Å². The number of para-hydroxylation sites is 1. The molecule has 4 aromatic rings. The van der Waals surface area contributed by atoms with Crippen molar-refractivity contribution in [3.05, 3.63) is 88.7 Å². The molecule has 0 saturated carbocycles. The van der Waals surface area contributed by atoms with Gasteiger partial charge in [0.2, 0.25) is 5.82 Å². The van der Waals surface area contributed by atoms with Crippen LogP contribution < -0.4 is 10.6 Å². The number of hydrogen-bond donors (Lipinski definition) is 2. The number of aromatic nitrogens is 2. The summed E-state index contributed by atoms with van der Waals surface area (Å²) >= 11 is 6.16. The zero-order valence-electron chi connectivity index (χ0n) is 16.0. The first kappa shape index (κ1) is 18.9. The van der Waals surface area contributed by atoms with E-state index < -0.39 is 5.91 Å². The van der Waals surface area contributed by atoms with E-state index in [1.807, 2.05) is 68.4 Å². The molecule has 144 valence electrons. The molecule has 0 saturated heterocycles. The topological polar surface area (TPSA) is 66.9 Å². The molecule has 2 N–H and O–H groups in total. The fourth-order valence-electron chi connectivity index (χ4n) is 2.99. The molecule has 1 heterocycles. The van der Waals surface area contributed by atoms with Gasteiger partial charge >= 0.3 is 0 Å². The van der Waals surface area contributed by atoms with Crippen molar-refractivity contribution in [2.75, 3.05) is 10.6 Å². The van der Waals surface area contributed by atoms with Crippen molar-refractivity contribution in [2.45, 2.75) is 13.8 Å². The zero-order chi connectivity index (χ0) is 20.4. The van der Waals surface area contributed by atoms with E-state index in [0.717, 1.165) is 22.2 Å². The number of nitrogens with zero attached hydrogens (tertiary/aromatic N) is 2. The van der Waals surface area contributed by atoms with E-state index in [0.29, 0.717) is 22.0 Å². The zero-order valence-corrected chi connectivity index (χ0v) is 16.8. The van der Waals surface area contributed by atoms with Crippen molar-refractivity contribution < 1.29 is 4.79 Å². The molecule has 0 aliphatic rings. The summed E-state index contributed by atoms with van der Waals surface area (Å²) in [5, 5.41) is 7.55. The Kier molecular flexibility index (Phi) is 5.14. The Hall–Kier alpha value is -3.44. The molecule has 1 amide bonds. The van der Waals surface area contributed by atoms with E-state index in [1.54, 1.807) is 12.1 Å². The third kappa shape index (κ3) is 4.20. The van der Waals surface area contributed by atoms with Gasteiger partial charge in [-0.15, -0.1) is 0 Å². The number of carbonyl (C=O) groups is 1. The van der Waals surface area contributed by atoms with E-state index in [2.05, 4.69) is 20.6 Å². The predicted molar refractivity (Wildman–Crippen MR) is 118 cm³/mol. The number of anilines is 3. The molecule has 0 spiro atoms. The molecule has 0 atom stereocenters. The largest absolute Gasteiger partial charge is 0.340 e. The second-order valence-electron chi connectivity index (χ2n) is 6.83. The highest BCUT2D eigenvalue weighted by atomic mass is 35.5. The summed E-state index contributed by atoms with van der Waals surface area (Å²) in [4.78, 5) is 21.7. The third-order valence-corrected chi connectivity index (χ3v) is 4.92. The second kappa shape index (κ2) is 7.89. The van der Waals surface area contributed by atoms with Crippen molar-refractivity contribution in [2.24, 2.45) is 0 Å². The molecular weight excluding hydrogens is 384 g/mol. The van der Waals surface area contributed by atoms with Crippen molar-refractivity contribution in [1.29, 1.82) is 0 Å². The summed E-state index contributed by atoms with van der Waals surface area (Å²) in [7, 11) is 0. The number of aryl methyl sites for hydroxylation is 2. The average Bonchev–Trinajstić information content (AvgIpc) is 2.70. The highest BCUT2D eigenvalue weighted by Gasteiger charge is 2.15. The molecule has 0 aliphatic carbocycles. The van der Waals surface area contributed by atoms with E-state index >= 15 is 0 Å². The number of nitrogens with one attached hydrogen (secondary N) is 2. The van der Waals surface area contributed by atoms with Crippen LogP contribution in [0.1, 0.15) is 21.7 Å². The van der Waals surface area contributed by atoms with Crippen molar-refractivity contribution >= 4 is 45.6 Å². The summed E-state index contributed by atoms with van der Waals surface area (Å²) < 4.78 is 0. The number of rotatable bonds is 4. The van der Waals surface area contributed by atoms with E-state index in [9.17, 15) is 4.79 Å². The Balaban J connectivity index is 1.70. The molecule has 4 rings (SSSR count). The van der Waals surface area contributed by atoms with Crippen molar-refractivity contribution in [1.82, 2.24) is 9.97 Å². The normalized spacial score (nSPS) is 10.7. The number of amides is 1. The average molecular weight is 403 g/mol. The minimum atomic E-state index is -0.400. The SMILES string of the molecule is Cc1cccc(Nc2nc(C(=O)Nc3ccc(C)c(Cl)c3)nc3ccccc23)c1. The standard InChI is InChI=1S/C23H19ClN4O/c1-14-6-5-7-16(12-14)25-21-18-8-3-4-9-20(18)27-22(28-21)23(29)26-17-11-10-15(2)19(24)13-17/h3-13H,1-2H3,(H,26,29)(H,25,27,28). The van der Waals surface area contributed by atoms with Gasteiger partial charge < -0.3 is 10.6 Å². The van der Waals surface area contributed by atoms with Crippen molar-refractivity contribution in [3.8, 4) is 0 Å². The Labute approximate surface area is 173 Å². The Morgan fingerprint density at radius 2 is 1.72 bits per heavy atom. The first-order valence-electron chi connectivity index (χ1n) is 9.17. The molecule has 0 bridgehead atoms. The summed E-state index contributed by atoms with van der Waals surface area (Å²) in [6, 6.07) is 20.9. The molecule has 29 heavy (non-hydrogen) atoms. The second-order valence-corrected chi connectivity index (χ2v) is 7.23.